The lowest BCUT2D eigenvalue weighted by Crippen LogP contribution is -2.42. The topological polar surface area (TPSA) is 55.3 Å². The van der Waals surface area contributed by atoms with Crippen LogP contribution in [0.1, 0.15) is 44.0 Å². The molecule has 1 aliphatic heterocycles. The van der Waals surface area contributed by atoms with Gasteiger partial charge in [-0.25, -0.2) is 4.98 Å². The van der Waals surface area contributed by atoms with Crippen LogP contribution >= 0.6 is 11.3 Å². The monoisotopic (exact) mass is 447 g/mol. The van der Waals surface area contributed by atoms with E-state index in [-0.39, 0.29) is 17.9 Å². The summed E-state index contributed by atoms with van der Waals surface area (Å²) in [5, 5.41) is 0. The summed E-state index contributed by atoms with van der Waals surface area (Å²) < 4.78 is 45.7. The predicted octanol–water partition coefficient (Wildman–Crippen LogP) is 4.67. The van der Waals surface area contributed by atoms with Crippen LogP contribution in [0.5, 0.6) is 0 Å². The Bertz CT molecular complexity index is 1080. The van der Waals surface area contributed by atoms with Gasteiger partial charge in [0.15, 0.2) is 0 Å². The highest BCUT2D eigenvalue weighted by molar-refractivity contribution is 7.11. The summed E-state index contributed by atoms with van der Waals surface area (Å²) in [6.45, 7) is 2.94. The number of morpholine rings is 1. The summed E-state index contributed by atoms with van der Waals surface area (Å²) in [5.41, 5.74) is 2.96. The molecule has 0 spiro atoms. The molecule has 0 aliphatic carbocycles. The molecule has 2 aromatic heterocycles. The summed E-state index contributed by atoms with van der Waals surface area (Å²) in [6.07, 6.45) is -4.81. The van der Waals surface area contributed by atoms with Gasteiger partial charge in [-0.3, -0.25) is 9.78 Å². The molecule has 1 aliphatic rings. The zero-order chi connectivity index (χ0) is 22.0. The molecule has 0 unspecified atom stereocenters. The number of nitrogens with zero attached hydrogens (tertiary/aromatic N) is 3. The van der Waals surface area contributed by atoms with Crippen molar-refractivity contribution in [2.45, 2.75) is 25.6 Å². The van der Waals surface area contributed by atoms with Crippen LogP contribution in [0.3, 0.4) is 0 Å². The van der Waals surface area contributed by atoms with Crippen LogP contribution < -0.4 is 0 Å². The van der Waals surface area contributed by atoms with Gasteiger partial charge in [-0.1, -0.05) is 24.3 Å². The van der Waals surface area contributed by atoms with Crippen LogP contribution in [0.2, 0.25) is 0 Å². The van der Waals surface area contributed by atoms with E-state index in [1.807, 2.05) is 0 Å². The molecule has 31 heavy (non-hydrogen) atoms. The number of halogens is 3. The Morgan fingerprint density at radius 3 is 2.77 bits per heavy atom. The molecule has 0 bridgehead atoms. The Balaban J connectivity index is 1.52. The average molecular weight is 447 g/mol. The minimum atomic E-state index is -4.42. The third kappa shape index (κ3) is 4.77. The fourth-order valence-electron chi connectivity index (χ4n) is 3.59. The fraction of sp³-hybridized carbons (Fsp3) is 0.318. The van der Waals surface area contributed by atoms with Crippen molar-refractivity contribution in [3.05, 3.63) is 81.1 Å². The minimum Gasteiger partial charge on any atom is -0.368 e. The number of hydrogen-bond donors (Lipinski definition) is 0. The van der Waals surface area contributed by atoms with Crippen molar-refractivity contribution in [2.24, 2.45) is 0 Å². The normalized spacial score (nSPS) is 17.0. The smallest absolute Gasteiger partial charge is 0.368 e. The van der Waals surface area contributed by atoms with Crippen LogP contribution in [0.15, 0.2) is 48.0 Å². The van der Waals surface area contributed by atoms with E-state index in [4.69, 9.17) is 4.74 Å². The number of aromatic nitrogens is 2. The Morgan fingerprint density at radius 1 is 1.23 bits per heavy atom. The van der Waals surface area contributed by atoms with Crippen molar-refractivity contribution in [1.82, 2.24) is 14.9 Å². The molecule has 3 aromatic rings. The van der Waals surface area contributed by atoms with Crippen molar-refractivity contribution >= 4 is 17.2 Å². The average Bonchev–Trinajstić information content (AvgIpc) is 3.19. The van der Waals surface area contributed by atoms with E-state index in [1.165, 1.54) is 23.5 Å². The predicted molar refractivity (Wildman–Crippen MR) is 110 cm³/mol. The summed E-state index contributed by atoms with van der Waals surface area (Å²) in [6, 6.07) is 10.7. The molecular formula is C22H20F3N3O2S. The van der Waals surface area contributed by atoms with Crippen LogP contribution in [-0.4, -0.2) is 40.5 Å². The van der Waals surface area contributed by atoms with E-state index in [9.17, 15) is 18.0 Å². The first-order valence-electron chi connectivity index (χ1n) is 9.75. The van der Waals surface area contributed by atoms with E-state index in [0.29, 0.717) is 41.7 Å². The van der Waals surface area contributed by atoms with E-state index in [1.54, 1.807) is 41.6 Å². The van der Waals surface area contributed by atoms with Crippen molar-refractivity contribution in [1.29, 1.82) is 0 Å². The number of hydrogen-bond acceptors (Lipinski definition) is 5. The second kappa shape index (κ2) is 8.76. The summed E-state index contributed by atoms with van der Waals surface area (Å²) in [5.74, 6) is -0.0939. The van der Waals surface area contributed by atoms with E-state index in [0.717, 1.165) is 6.07 Å². The van der Waals surface area contributed by atoms with E-state index in [2.05, 4.69) is 9.97 Å². The summed E-state index contributed by atoms with van der Waals surface area (Å²) in [4.78, 5) is 23.8. The molecule has 1 amide bonds. The quantitative estimate of drug-likeness (QED) is 0.583. The number of carbonyl (C=O) groups excluding carboxylic acids is 1. The Hall–Kier alpha value is -2.78. The van der Waals surface area contributed by atoms with Gasteiger partial charge in [0.1, 0.15) is 11.0 Å². The third-order valence-corrected chi connectivity index (χ3v) is 6.06. The highest BCUT2D eigenvalue weighted by Crippen LogP contribution is 2.33. The Kier molecular flexibility index (Phi) is 6.06. The van der Waals surface area contributed by atoms with Crippen LogP contribution in [0.25, 0.3) is 0 Å². The van der Waals surface area contributed by atoms with Crippen molar-refractivity contribution < 1.29 is 22.7 Å². The molecule has 0 saturated carbocycles. The Morgan fingerprint density at radius 2 is 2.03 bits per heavy atom. The van der Waals surface area contributed by atoms with Crippen molar-refractivity contribution in [3.8, 4) is 0 Å². The SMILES string of the molecule is Cc1ncsc1C(=O)N1CCO[C@@H](c2cccc(Cc3ccccc3C(F)(F)F)n2)C1. The molecule has 5 nitrogen and oxygen atoms in total. The minimum absolute atomic E-state index is 0.0545. The second-order valence-electron chi connectivity index (χ2n) is 7.26. The van der Waals surface area contributed by atoms with Gasteiger partial charge in [-0.05, 0) is 30.7 Å². The maximum absolute atomic E-state index is 13.3. The number of pyridine rings is 1. The maximum atomic E-state index is 13.3. The van der Waals surface area contributed by atoms with Crippen molar-refractivity contribution in [2.75, 3.05) is 19.7 Å². The molecule has 0 radical (unpaired) electrons. The number of rotatable bonds is 4. The molecule has 3 heterocycles. The van der Waals surface area contributed by atoms with Gasteiger partial charge in [0.05, 0.1) is 35.6 Å². The number of amides is 1. The van der Waals surface area contributed by atoms with Crippen LogP contribution in [-0.2, 0) is 17.3 Å². The van der Waals surface area contributed by atoms with Crippen LogP contribution in [0.4, 0.5) is 13.2 Å². The second-order valence-corrected chi connectivity index (χ2v) is 8.12. The number of carbonyl (C=O) groups is 1. The first-order valence-corrected chi connectivity index (χ1v) is 10.6. The molecule has 9 heteroatoms. The molecule has 1 atom stereocenters. The maximum Gasteiger partial charge on any atom is 0.416 e. The first kappa shape index (κ1) is 21.5. The fourth-order valence-corrected chi connectivity index (χ4v) is 4.35. The summed E-state index contributed by atoms with van der Waals surface area (Å²) >= 11 is 1.30. The number of alkyl halides is 3. The standard InChI is InChI=1S/C22H20F3N3O2S/c1-14-20(31-13-26-14)21(29)28-9-10-30-19(12-28)18-8-4-6-16(27-18)11-15-5-2-3-7-17(15)22(23,24)25/h2-8,13,19H,9-12H2,1H3/t19-/m1/s1. The molecule has 1 fully saturated rings. The summed E-state index contributed by atoms with van der Waals surface area (Å²) in [7, 11) is 0. The highest BCUT2D eigenvalue weighted by atomic mass is 32.1. The van der Waals surface area contributed by atoms with Crippen molar-refractivity contribution in [3.63, 3.8) is 0 Å². The van der Waals surface area contributed by atoms with E-state index < -0.39 is 17.8 Å². The van der Waals surface area contributed by atoms with E-state index >= 15 is 0 Å². The van der Waals surface area contributed by atoms with Crippen LogP contribution in [0, 0.1) is 6.92 Å². The molecule has 1 saturated heterocycles. The lowest BCUT2D eigenvalue weighted by molar-refractivity contribution is -0.138. The number of aryl methyl sites for hydroxylation is 1. The zero-order valence-electron chi connectivity index (χ0n) is 16.7. The Labute approximate surface area is 181 Å². The third-order valence-electron chi connectivity index (χ3n) is 5.15. The van der Waals surface area contributed by atoms with Gasteiger partial charge in [0.2, 0.25) is 0 Å². The van der Waals surface area contributed by atoms with Gasteiger partial charge in [0, 0.05) is 18.7 Å². The van der Waals surface area contributed by atoms with Gasteiger partial charge in [-0.15, -0.1) is 11.3 Å². The number of ether oxygens (including phenoxy) is 1. The highest BCUT2D eigenvalue weighted by Gasteiger charge is 2.33. The lowest BCUT2D eigenvalue weighted by Gasteiger charge is -2.32. The lowest BCUT2D eigenvalue weighted by atomic mass is 10.0. The van der Waals surface area contributed by atoms with Gasteiger partial charge < -0.3 is 9.64 Å². The molecule has 4 rings (SSSR count). The molecule has 0 N–H and O–H groups in total. The van der Waals surface area contributed by atoms with Gasteiger partial charge in [-0.2, -0.15) is 13.2 Å². The molecule has 1 aromatic carbocycles. The molecular weight excluding hydrogens is 427 g/mol. The number of benzene rings is 1. The largest absolute Gasteiger partial charge is 0.416 e. The number of thiazole rings is 1. The first-order chi connectivity index (χ1) is 14.8. The van der Waals surface area contributed by atoms with Gasteiger partial charge in [0.25, 0.3) is 5.91 Å². The molecule has 162 valence electrons. The zero-order valence-corrected chi connectivity index (χ0v) is 17.5. The van der Waals surface area contributed by atoms with Gasteiger partial charge >= 0.3 is 6.18 Å².